The number of phenols is 1. The fourth-order valence-corrected chi connectivity index (χ4v) is 3.36. The molecule has 1 aromatic rings. The van der Waals surface area contributed by atoms with E-state index in [9.17, 15) is 39.0 Å². The Morgan fingerprint density at radius 2 is 1.37 bits per heavy atom. The molecule has 0 bridgehead atoms. The Labute approximate surface area is 219 Å². The molecule has 0 aromatic heterocycles. The predicted molar refractivity (Wildman–Crippen MR) is 135 cm³/mol. The van der Waals surface area contributed by atoms with Crippen LogP contribution in [0.25, 0.3) is 0 Å². The minimum atomic E-state index is -1.65. The van der Waals surface area contributed by atoms with Crippen LogP contribution in [0, 0.1) is 5.92 Å². The smallest absolute Gasteiger partial charge is 0.326 e. The third kappa shape index (κ3) is 10.8. The lowest BCUT2D eigenvalue weighted by molar-refractivity contribution is -0.143. The summed E-state index contributed by atoms with van der Waals surface area (Å²) >= 11 is 0. The SMILES string of the molecule is CCC(C)C(N)C(=O)NC(CCC(N)=O)C(=O)NC(Cc1ccc(O)cc1)C(=O)NC(CC(N)=O)C(=O)O. The van der Waals surface area contributed by atoms with E-state index in [-0.39, 0.29) is 30.9 Å². The van der Waals surface area contributed by atoms with Gasteiger partial charge in [0, 0.05) is 12.8 Å². The van der Waals surface area contributed by atoms with Crippen molar-refractivity contribution in [1.82, 2.24) is 16.0 Å². The highest BCUT2D eigenvalue weighted by Gasteiger charge is 2.31. The number of nitrogens with one attached hydrogen (secondary N) is 3. The van der Waals surface area contributed by atoms with Crippen LogP contribution >= 0.6 is 0 Å². The molecule has 0 heterocycles. The number of carboxylic acids is 1. The fraction of sp³-hybridized carbons (Fsp3) is 0.500. The van der Waals surface area contributed by atoms with Crippen molar-refractivity contribution in [3.8, 4) is 5.75 Å². The number of carboxylic acid groups (broad SMARTS) is 1. The highest BCUT2D eigenvalue weighted by Crippen LogP contribution is 2.13. The molecule has 0 aliphatic carbocycles. The fourth-order valence-electron chi connectivity index (χ4n) is 3.36. The van der Waals surface area contributed by atoms with E-state index in [0.29, 0.717) is 12.0 Å². The van der Waals surface area contributed by atoms with Crippen LogP contribution in [0.1, 0.15) is 45.1 Å². The first-order chi connectivity index (χ1) is 17.7. The Kier molecular flexibility index (Phi) is 12.7. The first-order valence-electron chi connectivity index (χ1n) is 12.0. The third-order valence-corrected chi connectivity index (χ3v) is 5.90. The molecule has 11 N–H and O–H groups in total. The van der Waals surface area contributed by atoms with Crippen LogP contribution in [0.5, 0.6) is 5.75 Å². The number of carbonyl (C=O) groups excluding carboxylic acids is 5. The van der Waals surface area contributed by atoms with E-state index in [1.54, 1.807) is 6.92 Å². The quantitative estimate of drug-likeness (QED) is 0.116. The molecular formula is C24H36N6O8. The van der Waals surface area contributed by atoms with Crippen LogP contribution in [0.4, 0.5) is 0 Å². The summed E-state index contributed by atoms with van der Waals surface area (Å²) in [4.78, 5) is 72.9. The number of primary amides is 2. The first kappa shape index (κ1) is 31.8. The van der Waals surface area contributed by atoms with E-state index in [1.165, 1.54) is 24.3 Å². The average Bonchev–Trinajstić information content (AvgIpc) is 2.85. The number of hydrogen-bond acceptors (Lipinski definition) is 8. The van der Waals surface area contributed by atoms with Gasteiger partial charge in [0.2, 0.25) is 29.5 Å². The highest BCUT2D eigenvalue weighted by molar-refractivity contribution is 5.95. The molecule has 5 atom stereocenters. The van der Waals surface area contributed by atoms with Gasteiger partial charge >= 0.3 is 5.97 Å². The minimum Gasteiger partial charge on any atom is -0.508 e. The largest absolute Gasteiger partial charge is 0.508 e. The normalized spacial score (nSPS) is 14.7. The van der Waals surface area contributed by atoms with Crippen LogP contribution in [-0.4, -0.2) is 69.9 Å². The summed E-state index contributed by atoms with van der Waals surface area (Å²) in [7, 11) is 0. The van der Waals surface area contributed by atoms with E-state index < -0.39 is 66.1 Å². The van der Waals surface area contributed by atoms with Crippen LogP contribution in [0.2, 0.25) is 0 Å². The Balaban J connectivity index is 3.21. The molecule has 14 nitrogen and oxygen atoms in total. The number of benzene rings is 1. The lowest BCUT2D eigenvalue weighted by Gasteiger charge is -2.26. The Bertz CT molecular complexity index is 1020. The molecule has 5 amide bonds. The van der Waals surface area contributed by atoms with Crippen LogP contribution in [0.3, 0.4) is 0 Å². The zero-order valence-corrected chi connectivity index (χ0v) is 21.3. The maximum Gasteiger partial charge on any atom is 0.326 e. The van der Waals surface area contributed by atoms with E-state index in [2.05, 4.69) is 16.0 Å². The molecule has 0 saturated carbocycles. The predicted octanol–water partition coefficient (Wildman–Crippen LogP) is -2.01. The molecule has 210 valence electrons. The van der Waals surface area contributed by atoms with Gasteiger partial charge in [0.1, 0.15) is 23.9 Å². The van der Waals surface area contributed by atoms with E-state index >= 15 is 0 Å². The average molecular weight is 537 g/mol. The molecule has 0 fully saturated rings. The van der Waals surface area contributed by atoms with Crippen molar-refractivity contribution in [3.05, 3.63) is 29.8 Å². The van der Waals surface area contributed by atoms with Crippen LogP contribution < -0.4 is 33.2 Å². The molecule has 1 rings (SSSR count). The number of aliphatic carboxylic acids is 1. The number of rotatable bonds is 16. The molecule has 0 radical (unpaired) electrons. The van der Waals surface area contributed by atoms with E-state index in [1.807, 2.05) is 6.92 Å². The minimum absolute atomic E-state index is 0.0435. The molecule has 5 unspecified atom stereocenters. The molecule has 1 aromatic carbocycles. The van der Waals surface area contributed by atoms with Crippen molar-refractivity contribution in [2.24, 2.45) is 23.1 Å². The topological polar surface area (TPSA) is 257 Å². The summed E-state index contributed by atoms with van der Waals surface area (Å²) in [6.45, 7) is 3.59. The molecular weight excluding hydrogens is 500 g/mol. The van der Waals surface area contributed by atoms with Gasteiger partial charge in [0.25, 0.3) is 0 Å². The van der Waals surface area contributed by atoms with Gasteiger partial charge in [-0.25, -0.2) is 4.79 Å². The van der Waals surface area contributed by atoms with Gasteiger partial charge in [-0.1, -0.05) is 32.4 Å². The molecule has 0 aliphatic heterocycles. The van der Waals surface area contributed by atoms with Gasteiger partial charge < -0.3 is 43.4 Å². The standard InChI is InChI=1S/C24H36N6O8/c1-3-12(2)20(27)23(36)28-15(8-9-18(25)32)21(34)29-16(10-13-4-6-14(31)7-5-13)22(35)30-17(24(37)38)11-19(26)33/h4-7,12,15-17,20,31H,3,8-11,27H2,1-2H3,(H2,25,32)(H2,26,33)(H,28,36)(H,29,34)(H,30,35)(H,37,38). The first-order valence-corrected chi connectivity index (χ1v) is 12.0. The second-order valence-corrected chi connectivity index (χ2v) is 8.98. The molecule has 0 saturated heterocycles. The number of nitrogens with two attached hydrogens (primary N) is 3. The summed E-state index contributed by atoms with van der Waals surface area (Å²) in [6, 6.07) is 0.410. The Morgan fingerprint density at radius 3 is 1.87 bits per heavy atom. The van der Waals surface area contributed by atoms with Crippen molar-refractivity contribution < 1.29 is 39.0 Å². The van der Waals surface area contributed by atoms with Gasteiger partial charge in [-0.15, -0.1) is 0 Å². The molecule has 0 aliphatic rings. The highest BCUT2D eigenvalue weighted by atomic mass is 16.4. The number of carbonyl (C=O) groups is 6. The molecule has 14 heteroatoms. The maximum atomic E-state index is 13.2. The molecule has 38 heavy (non-hydrogen) atoms. The second kappa shape index (κ2) is 15.1. The Morgan fingerprint density at radius 1 is 0.842 bits per heavy atom. The maximum absolute atomic E-state index is 13.2. The summed E-state index contributed by atoms with van der Waals surface area (Å²) in [5, 5.41) is 26.0. The molecule has 0 spiro atoms. The number of hydrogen-bond donors (Lipinski definition) is 8. The summed E-state index contributed by atoms with van der Waals surface area (Å²) < 4.78 is 0. The summed E-state index contributed by atoms with van der Waals surface area (Å²) in [5.74, 6) is -5.90. The second-order valence-electron chi connectivity index (χ2n) is 8.98. The van der Waals surface area contributed by atoms with Crippen molar-refractivity contribution in [3.63, 3.8) is 0 Å². The van der Waals surface area contributed by atoms with E-state index in [0.717, 1.165) is 0 Å². The third-order valence-electron chi connectivity index (χ3n) is 5.90. The lowest BCUT2D eigenvalue weighted by atomic mass is 9.98. The van der Waals surface area contributed by atoms with Crippen molar-refractivity contribution in [1.29, 1.82) is 0 Å². The zero-order valence-electron chi connectivity index (χ0n) is 21.3. The monoisotopic (exact) mass is 536 g/mol. The Hall–Kier alpha value is -4.20. The summed E-state index contributed by atoms with van der Waals surface area (Å²) in [6.07, 6.45) is -0.689. The van der Waals surface area contributed by atoms with E-state index in [4.69, 9.17) is 17.2 Å². The summed E-state index contributed by atoms with van der Waals surface area (Å²) in [5.41, 5.74) is 16.7. The van der Waals surface area contributed by atoms with Gasteiger partial charge in [0.05, 0.1) is 12.5 Å². The van der Waals surface area contributed by atoms with Gasteiger partial charge in [0.15, 0.2) is 0 Å². The van der Waals surface area contributed by atoms with Gasteiger partial charge in [-0.3, -0.25) is 24.0 Å². The zero-order chi connectivity index (χ0) is 29.0. The van der Waals surface area contributed by atoms with Gasteiger partial charge in [-0.05, 0) is 30.0 Å². The number of phenolic OH excluding ortho intramolecular Hbond substituents is 1. The van der Waals surface area contributed by atoms with Crippen molar-refractivity contribution in [2.75, 3.05) is 0 Å². The van der Waals surface area contributed by atoms with Gasteiger partial charge in [-0.2, -0.15) is 0 Å². The van der Waals surface area contributed by atoms with Crippen molar-refractivity contribution >= 4 is 35.5 Å². The van der Waals surface area contributed by atoms with Crippen molar-refractivity contribution in [2.45, 2.75) is 70.1 Å². The van der Waals surface area contributed by atoms with Crippen LogP contribution in [0.15, 0.2) is 24.3 Å². The lowest BCUT2D eigenvalue weighted by Crippen LogP contribution is -2.58. The number of aromatic hydroxyl groups is 1. The number of amides is 5. The van der Waals surface area contributed by atoms with Crippen LogP contribution in [-0.2, 0) is 35.2 Å².